The summed E-state index contributed by atoms with van der Waals surface area (Å²) in [4.78, 5) is 0. The lowest BCUT2D eigenvalue weighted by molar-refractivity contribution is -0.0328. The van der Waals surface area contributed by atoms with Crippen LogP contribution in [-0.4, -0.2) is 11.3 Å². The molecule has 0 atom stereocenters. The van der Waals surface area contributed by atoms with E-state index in [1.807, 2.05) is 20.8 Å². The molecule has 0 unspecified atom stereocenters. The number of hydrogen-bond acceptors (Lipinski definition) is 1. The van der Waals surface area contributed by atoms with Crippen LogP contribution in [0.25, 0.3) is 0 Å². The van der Waals surface area contributed by atoms with Gasteiger partial charge in [0.25, 0.3) is 0 Å². The molecule has 0 nitrogen and oxygen atoms in total. The molecule has 0 aliphatic heterocycles. The van der Waals surface area contributed by atoms with Gasteiger partial charge in [0.05, 0.1) is 0 Å². The topological polar surface area (TPSA) is 0 Å². The molecular formula is C7H13F3S. The second-order valence-electron chi connectivity index (χ2n) is 3.60. The molecule has 68 valence electrons. The fourth-order valence-electron chi connectivity index (χ4n) is 0.473. The van der Waals surface area contributed by atoms with Crippen LogP contribution in [0.3, 0.4) is 0 Å². The fraction of sp³-hybridized carbons (Fsp3) is 1.00. The molecule has 0 aromatic rings. The second-order valence-corrected chi connectivity index (χ2v) is 4.76. The summed E-state index contributed by atoms with van der Waals surface area (Å²) in [7, 11) is 0. The maximum Gasteiger partial charge on any atom is 0.441 e. The summed E-state index contributed by atoms with van der Waals surface area (Å²) >= 11 is 0.0604. The van der Waals surface area contributed by atoms with Crippen LogP contribution in [-0.2, 0) is 0 Å². The van der Waals surface area contributed by atoms with E-state index in [1.54, 1.807) is 0 Å². The Morgan fingerprint density at radius 3 is 1.82 bits per heavy atom. The molecule has 0 spiro atoms. The Hall–Kier alpha value is 0.140. The molecule has 0 saturated heterocycles. The second kappa shape index (κ2) is 3.70. The molecule has 0 radical (unpaired) electrons. The van der Waals surface area contributed by atoms with Crippen molar-refractivity contribution in [3.05, 3.63) is 0 Å². The predicted octanol–water partition coefficient (Wildman–Crippen LogP) is 3.68. The van der Waals surface area contributed by atoms with Gasteiger partial charge in [-0.05, 0) is 11.8 Å². The van der Waals surface area contributed by atoms with Gasteiger partial charge in [0.1, 0.15) is 0 Å². The van der Waals surface area contributed by atoms with Crippen LogP contribution < -0.4 is 0 Å². The van der Waals surface area contributed by atoms with Crippen molar-refractivity contribution in [3.8, 4) is 0 Å². The lowest BCUT2D eigenvalue weighted by atomic mass is 9.94. The molecule has 0 fully saturated rings. The number of thioether (sulfide) groups is 1. The minimum atomic E-state index is -4.06. The van der Waals surface area contributed by atoms with E-state index in [4.69, 9.17) is 0 Å². The normalized spacial score (nSPS) is 13.6. The maximum absolute atomic E-state index is 11.6. The first-order chi connectivity index (χ1) is 4.71. The van der Waals surface area contributed by atoms with Crippen LogP contribution >= 0.6 is 11.8 Å². The smallest absolute Gasteiger partial charge is 0.160 e. The van der Waals surface area contributed by atoms with Gasteiger partial charge < -0.3 is 0 Å². The molecule has 0 heterocycles. The first-order valence-corrected chi connectivity index (χ1v) is 4.40. The molecule has 0 saturated carbocycles. The van der Waals surface area contributed by atoms with Gasteiger partial charge >= 0.3 is 5.51 Å². The van der Waals surface area contributed by atoms with Gasteiger partial charge in [0, 0.05) is 5.75 Å². The van der Waals surface area contributed by atoms with E-state index in [-0.39, 0.29) is 22.9 Å². The third-order valence-corrected chi connectivity index (χ3v) is 1.85. The van der Waals surface area contributed by atoms with Gasteiger partial charge in [-0.25, -0.2) is 0 Å². The lowest BCUT2D eigenvalue weighted by Gasteiger charge is -2.17. The molecule has 0 aliphatic rings. The highest BCUT2D eigenvalue weighted by Crippen LogP contribution is 2.33. The molecule has 0 aromatic carbocycles. The van der Waals surface area contributed by atoms with E-state index in [0.717, 1.165) is 0 Å². The summed E-state index contributed by atoms with van der Waals surface area (Å²) in [6, 6.07) is 0. The van der Waals surface area contributed by atoms with E-state index in [0.29, 0.717) is 6.42 Å². The van der Waals surface area contributed by atoms with Crippen LogP contribution in [0.1, 0.15) is 27.2 Å². The number of rotatable bonds is 2. The van der Waals surface area contributed by atoms with Crippen molar-refractivity contribution in [1.82, 2.24) is 0 Å². The molecule has 0 N–H and O–H groups in total. The standard InChI is InChI=1S/C7H13F3S/c1-6(2,3)4-5-11-7(8,9)10/h4-5H2,1-3H3. The van der Waals surface area contributed by atoms with E-state index in [1.165, 1.54) is 0 Å². The first-order valence-electron chi connectivity index (χ1n) is 3.41. The minimum absolute atomic E-state index is 0.00174. The summed E-state index contributed by atoms with van der Waals surface area (Å²) in [5.41, 5.74) is -4.07. The van der Waals surface area contributed by atoms with Crippen molar-refractivity contribution in [3.63, 3.8) is 0 Å². The molecule has 0 amide bonds. The van der Waals surface area contributed by atoms with E-state index in [2.05, 4.69) is 0 Å². The average Bonchev–Trinajstić information content (AvgIpc) is 1.55. The molecule has 11 heavy (non-hydrogen) atoms. The van der Waals surface area contributed by atoms with Crippen molar-refractivity contribution >= 4 is 11.8 Å². The third-order valence-electron chi connectivity index (χ3n) is 1.12. The van der Waals surface area contributed by atoms with Crippen molar-refractivity contribution in [2.24, 2.45) is 5.41 Å². The minimum Gasteiger partial charge on any atom is -0.160 e. The van der Waals surface area contributed by atoms with Gasteiger partial charge in [0.15, 0.2) is 0 Å². The van der Waals surface area contributed by atoms with Crippen molar-refractivity contribution in [1.29, 1.82) is 0 Å². The quantitative estimate of drug-likeness (QED) is 0.634. The van der Waals surface area contributed by atoms with Crippen LogP contribution in [0.2, 0.25) is 0 Å². The van der Waals surface area contributed by atoms with Crippen LogP contribution in [0, 0.1) is 5.41 Å². The van der Waals surface area contributed by atoms with E-state index >= 15 is 0 Å². The van der Waals surface area contributed by atoms with Crippen molar-refractivity contribution in [2.75, 3.05) is 5.75 Å². The summed E-state index contributed by atoms with van der Waals surface area (Å²) < 4.78 is 34.8. The number of hydrogen-bond donors (Lipinski definition) is 0. The Labute approximate surface area is 69.5 Å². The Morgan fingerprint density at radius 2 is 1.55 bits per heavy atom. The average molecular weight is 186 g/mol. The SMILES string of the molecule is CC(C)(C)CCSC(F)(F)F. The molecule has 0 aliphatic carbocycles. The third kappa shape index (κ3) is 10.1. The summed E-state index contributed by atoms with van der Waals surface area (Å²) in [6.45, 7) is 5.80. The zero-order valence-corrected chi connectivity index (χ0v) is 7.77. The van der Waals surface area contributed by atoms with Crippen LogP contribution in [0.15, 0.2) is 0 Å². The Kier molecular flexibility index (Phi) is 3.74. The Balaban J connectivity index is 3.44. The highest BCUT2D eigenvalue weighted by Gasteiger charge is 2.28. The van der Waals surface area contributed by atoms with Crippen molar-refractivity contribution < 1.29 is 13.2 Å². The largest absolute Gasteiger partial charge is 0.441 e. The molecular weight excluding hydrogens is 173 g/mol. The van der Waals surface area contributed by atoms with Gasteiger partial charge in [-0.1, -0.05) is 32.5 Å². The van der Waals surface area contributed by atoms with E-state index < -0.39 is 5.51 Å². The molecule has 0 bridgehead atoms. The van der Waals surface area contributed by atoms with Crippen LogP contribution in [0.5, 0.6) is 0 Å². The van der Waals surface area contributed by atoms with E-state index in [9.17, 15) is 13.2 Å². The van der Waals surface area contributed by atoms with Gasteiger partial charge in [-0.2, -0.15) is 13.2 Å². The zero-order chi connectivity index (χ0) is 9.12. The van der Waals surface area contributed by atoms with Gasteiger partial charge in [-0.15, -0.1) is 0 Å². The highest BCUT2D eigenvalue weighted by molar-refractivity contribution is 8.00. The number of halogens is 3. The molecule has 4 heteroatoms. The zero-order valence-electron chi connectivity index (χ0n) is 6.96. The number of alkyl halides is 3. The first kappa shape index (κ1) is 11.1. The van der Waals surface area contributed by atoms with Crippen molar-refractivity contribution in [2.45, 2.75) is 32.7 Å². The van der Waals surface area contributed by atoms with Gasteiger partial charge in [-0.3, -0.25) is 0 Å². The lowest BCUT2D eigenvalue weighted by Crippen LogP contribution is -2.09. The Morgan fingerprint density at radius 1 is 1.09 bits per heavy atom. The summed E-state index contributed by atoms with van der Waals surface area (Å²) in [5, 5.41) is 0. The highest BCUT2D eigenvalue weighted by atomic mass is 32.2. The summed E-state index contributed by atoms with van der Waals surface area (Å²) in [5.74, 6) is 0.160. The van der Waals surface area contributed by atoms with Crippen LogP contribution in [0.4, 0.5) is 13.2 Å². The van der Waals surface area contributed by atoms with Gasteiger partial charge in [0.2, 0.25) is 0 Å². The predicted molar refractivity (Wildman–Crippen MR) is 42.6 cm³/mol. The Bertz CT molecular complexity index is 97.8. The molecule has 0 aromatic heterocycles. The fourth-order valence-corrected chi connectivity index (χ4v) is 1.42. The summed E-state index contributed by atoms with van der Waals surface area (Å²) in [6.07, 6.45) is 0.594. The molecule has 0 rings (SSSR count). The monoisotopic (exact) mass is 186 g/mol. The maximum atomic E-state index is 11.6.